The second-order valence-corrected chi connectivity index (χ2v) is 8.86. The molecule has 1 unspecified atom stereocenters. The zero-order valence-electron chi connectivity index (χ0n) is 18.0. The van der Waals surface area contributed by atoms with Gasteiger partial charge in [-0.25, -0.2) is 14.4 Å². The second kappa shape index (κ2) is 11.0. The molecule has 1 aliphatic heterocycles. The van der Waals surface area contributed by atoms with E-state index in [-0.39, 0.29) is 6.61 Å². The maximum Gasteiger partial charge on any atom is 0.338 e. The molecule has 0 amide bonds. The van der Waals surface area contributed by atoms with Crippen LogP contribution in [0.3, 0.4) is 0 Å². The van der Waals surface area contributed by atoms with Crippen molar-refractivity contribution in [2.24, 2.45) is 0 Å². The minimum absolute atomic E-state index is 0.151. The van der Waals surface area contributed by atoms with Crippen LogP contribution in [0.15, 0.2) is 91.0 Å². The average Bonchev–Trinajstić information content (AvgIpc) is 3.17. The summed E-state index contributed by atoms with van der Waals surface area (Å²) < 4.78 is 16.6. The number of hydrogen-bond acceptors (Lipinski definition) is 8. The number of rotatable bonds is 7. The van der Waals surface area contributed by atoms with Crippen LogP contribution >= 0.6 is 11.8 Å². The summed E-state index contributed by atoms with van der Waals surface area (Å²) in [4.78, 5) is 37.8. The van der Waals surface area contributed by atoms with Gasteiger partial charge in [-0.05, 0) is 36.4 Å². The van der Waals surface area contributed by atoms with Crippen LogP contribution in [0, 0.1) is 0 Å². The van der Waals surface area contributed by atoms with Crippen molar-refractivity contribution >= 4 is 29.7 Å². The normalized spacial score (nSPS) is 21.4. The van der Waals surface area contributed by atoms with Gasteiger partial charge in [0.1, 0.15) is 12.0 Å². The highest BCUT2D eigenvalue weighted by molar-refractivity contribution is 8.00. The summed E-state index contributed by atoms with van der Waals surface area (Å²) in [6.45, 7) is -0.151. The molecular formula is C26H22O7S. The highest BCUT2D eigenvalue weighted by Gasteiger charge is 2.49. The molecule has 0 radical (unpaired) electrons. The highest BCUT2D eigenvalue weighted by atomic mass is 32.2. The van der Waals surface area contributed by atoms with Crippen LogP contribution in [0.5, 0.6) is 0 Å². The second-order valence-electron chi connectivity index (χ2n) is 7.50. The van der Waals surface area contributed by atoms with E-state index in [0.717, 1.165) is 11.8 Å². The lowest BCUT2D eigenvalue weighted by molar-refractivity contribution is -0.0557. The number of hydrogen-bond donors (Lipinski definition) is 1. The number of aliphatic hydroxyl groups excluding tert-OH is 1. The molecule has 1 N–H and O–H groups in total. The highest BCUT2D eigenvalue weighted by Crippen LogP contribution is 2.38. The predicted octanol–water partition coefficient (Wildman–Crippen LogP) is 3.73. The molecule has 3 aromatic rings. The lowest BCUT2D eigenvalue weighted by Crippen LogP contribution is -2.41. The fraction of sp³-hybridized carbons (Fsp3) is 0.192. The molecule has 4 atom stereocenters. The van der Waals surface area contributed by atoms with Crippen LogP contribution in [0.1, 0.15) is 31.1 Å². The minimum Gasteiger partial charge on any atom is -0.461 e. The van der Waals surface area contributed by atoms with Crippen LogP contribution in [0.4, 0.5) is 0 Å². The van der Waals surface area contributed by atoms with Gasteiger partial charge in [0.25, 0.3) is 0 Å². The molecule has 1 aliphatic rings. The van der Waals surface area contributed by atoms with Gasteiger partial charge in [-0.3, -0.25) is 0 Å². The first kappa shape index (κ1) is 23.5. The number of carbonyl (C=O) groups is 3. The van der Waals surface area contributed by atoms with Gasteiger partial charge in [-0.1, -0.05) is 54.6 Å². The van der Waals surface area contributed by atoms with Gasteiger partial charge in [0.05, 0.1) is 21.9 Å². The van der Waals surface area contributed by atoms with Crippen molar-refractivity contribution in [1.29, 1.82) is 0 Å². The number of carbonyl (C=O) groups excluding carboxylic acids is 3. The Morgan fingerprint density at radius 2 is 1.06 bits per heavy atom. The third kappa shape index (κ3) is 5.65. The summed E-state index contributed by atoms with van der Waals surface area (Å²) >= 11 is 1.02. The molecule has 34 heavy (non-hydrogen) atoms. The molecule has 1 saturated heterocycles. The Hall–Kier alpha value is -3.62. The molecule has 8 heteroatoms. The molecule has 1 heterocycles. The Labute approximate surface area is 200 Å². The van der Waals surface area contributed by atoms with Crippen molar-refractivity contribution in [3.8, 4) is 0 Å². The molecule has 3 aromatic carbocycles. The molecule has 0 bridgehead atoms. The minimum atomic E-state index is -1.18. The molecule has 1 fully saturated rings. The van der Waals surface area contributed by atoms with Crippen LogP contribution < -0.4 is 0 Å². The number of ether oxygens (including phenoxy) is 3. The van der Waals surface area contributed by atoms with E-state index in [0.29, 0.717) is 16.7 Å². The Morgan fingerprint density at radius 3 is 1.53 bits per heavy atom. The van der Waals surface area contributed by atoms with Crippen LogP contribution in [0.2, 0.25) is 0 Å². The lowest BCUT2D eigenvalue weighted by atomic mass is 10.1. The van der Waals surface area contributed by atoms with Crippen LogP contribution in [-0.4, -0.2) is 52.5 Å². The average molecular weight is 479 g/mol. The Balaban J connectivity index is 1.51. The zero-order chi connectivity index (χ0) is 23.9. The maximum absolute atomic E-state index is 12.8. The first-order valence-electron chi connectivity index (χ1n) is 10.6. The Kier molecular flexibility index (Phi) is 7.61. The van der Waals surface area contributed by atoms with Gasteiger partial charge in [0.2, 0.25) is 0 Å². The number of thioether (sulfide) groups is 1. The topological polar surface area (TPSA) is 99.1 Å². The van der Waals surface area contributed by atoms with Crippen molar-refractivity contribution in [3.63, 3.8) is 0 Å². The predicted molar refractivity (Wildman–Crippen MR) is 125 cm³/mol. The van der Waals surface area contributed by atoms with E-state index in [4.69, 9.17) is 14.2 Å². The van der Waals surface area contributed by atoms with E-state index in [9.17, 15) is 19.5 Å². The van der Waals surface area contributed by atoms with Crippen molar-refractivity contribution in [1.82, 2.24) is 0 Å². The molecule has 7 nitrogen and oxygen atoms in total. The standard InChI is InChI=1S/C26H22O7S/c27-23(17-10-4-1-5-11-17)31-16-20-21(32-24(28)18-12-6-2-7-13-18)22(26(30)34-20)33-25(29)19-14-8-3-9-15-19/h1-15,20-22,26,30H,16H2/t20-,21-,22-,26?/m1/s1. The third-order valence-corrected chi connectivity index (χ3v) is 6.48. The van der Waals surface area contributed by atoms with Gasteiger partial charge in [0.15, 0.2) is 12.2 Å². The van der Waals surface area contributed by atoms with Crippen LogP contribution in [0.25, 0.3) is 0 Å². The quantitative estimate of drug-likeness (QED) is 0.405. The fourth-order valence-corrected chi connectivity index (χ4v) is 4.69. The van der Waals surface area contributed by atoms with Crippen LogP contribution in [-0.2, 0) is 14.2 Å². The Bertz CT molecular complexity index is 1120. The largest absolute Gasteiger partial charge is 0.461 e. The zero-order valence-corrected chi connectivity index (χ0v) is 18.8. The summed E-state index contributed by atoms with van der Waals surface area (Å²) in [7, 11) is 0. The summed E-state index contributed by atoms with van der Waals surface area (Å²) in [6.07, 6.45) is -2.19. The monoisotopic (exact) mass is 478 g/mol. The van der Waals surface area contributed by atoms with E-state index in [1.54, 1.807) is 91.0 Å². The Morgan fingerprint density at radius 1 is 0.647 bits per heavy atom. The lowest BCUT2D eigenvalue weighted by Gasteiger charge is -2.24. The van der Waals surface area contributed by atoms with Crippen molar-refractivity contribution in [2.75, 3.05) is 6.61 Å². The SMILES string of the molecule is O=C(OC[C@H]1SC(O)[C@H](OC(=O)c2ccccc2)[C@@H]1OC(=O)c1ccccc1)c1ccccc1. The number of aliphatic hydroxyl groups is 1. The van der Waals surface area contributed by atoms with Crippen molar-refractivity contribution < 1.29 is 33.7 Å². The van der Waals surface area contributed by atoms with Gasteiger partial charge < -0.3 is 19.3 Å². The van der Waals surface area contributed by atoms with E-state index < -0.39 is 40.8 Å². The van der Waals surface area contributed by atoms with Gasteiger partial charge >= 0.3 is 17.9 Å². The molecule has 174 valence electrons. The molecule has 4 rings (SSSR count). The molecule has 0 saturated carbocycles. The van der Waals surface area contributed by atoms with E-state index in [1.165, 1.54) is 0 Å². The molecule has 0 aromatic heterocycles. The number of benzene rings is 3. The number of esters is 3. The first-order chi connectivity index (χ1) is 16.5. The summed E-state index contributed by atoms with van der Waals surface area (Å²) in [6, 6.07) is 25.1. The van der Waals surface area contributed by atoms with E-state index in [1.807, 2.05) is 0 Å². The smallest absolute Gasteiger partial charge is 0.338 e. The van der Waals surface area contributed by atoms with Gasteiger partial charge in [-0.2, -0.15) is 0 Å². The third-order valence-electron chi connectivity index (χ3n) is 5.18. The molecule has 0 aliphatic carbocycles. The van der Waals surface area contributed by atoms with Gasteiger partial charge in [0, 0.05) is 0 Å². The summed E-state index contributed by atoms with van der Waals surface area (Å²) in [5, 5.41) is 10.00. The van der Waals surface area contributed by atoms with E-state index in [2.05, 4.69) is 0 Å². The fourth-order valence-electron chi connectivity index (χ4n) is 3.46. The summed E-state index contributed by atoms with van der Waals surface area (Å²) in [5.74, 6) is -1.85. The molecule has 0 spiro atoms. The van der Waals surface area contributed by atoms with Crippen molar-refractivity contribution in [3.05, 3.63) is 108 Å². The first-order valence-corrected chi connectivity index (χ1v) is 11.5. The maximum atomic E-state index is 12.8. The van der Waals surface area contributed by atoms with Crippen molar-refractivity contribution in [2.45, 2.75) is 22.9 Å². The van der Waals surface area contributed by atoms with E-state index >= 15 is 0 Å². The van der Waals surface area contributed by atoms with Gasteiger partial charge in [-0.15, -0.1) is 11.8 Å². The summed E-state index contributed by atoms with van der Waals surface area (Å²) in [5.41, 5.74) is -0.202. The molecular weight excluding hydrogens is 456 g/mol.